The van der Waals surface area contributed by atoms with Gasteiger partial charge in [0.2, 0.25) is 0 Å². The molecule has 1 fully saturated rings. The van der Waals surface area contributed by atoms with E-state index >= 15 is 0 Å². The lowest BCUT2D eigenvalue weighted by atomic mass is 9.73. The predicted molar refractivity (Wildman–Crippen MR) is 85.1 cm³/mol. The molecule has 0 aromatic carbocycles. The molecule has 1 aliphatic carbocycles. The number of hydrogen-bond donors (Lipinski definition) is 1. The number of nitrogens with one attached hydrogen (secondary N) is 1. The molecule has 0 atom stereocenters. The fraction of sp³-hybridized carbons (Fsp3) is 0.733. The number of halogens is 1. The van der Waals surface area contributed by atoms with E-state index in [4.69, 9.17) is 11.6 Å². The Morgan fingerprint density at radius 3 is 2.63 bits per heavy atom. The molecule has 0 amide bonds. The lowest BCUT2D eigenvalue weighted by molar-refractivity contribution is 0.117. The van der Waals surface area contributed by atoms with Crippen LogP contribution in [0.5, 0.6) is 0 Å². The van der Waals surface area contributed by atoms with E-state index in [1.807, 2.05) is 6.07 Å². The molecular formula is C15H25ClN2S. The fourth-order valence-electron chi connectivity index (χ4n) is 3.40. The summed E-state index contributed by atoms with van der Waals surface area (Å²) < 4.78 is 0.894. The lowest BCUT2D eigenvalue weighted by Crippen LogP contribution is -2.43. The highest BCUT2D eigenvalue weighted by molar-refractivity contribution is 7.16. The summed E-state index contributed by atoms with van der Waals surface area (Å²) in [7, 11) is 4.31. The predicted octanol–water partition coefficient (Wildman–Crippen LogP) is 4.00. The molecule has 0 spiro atoms. The Kier molecular flexibility index (Phi) is 5.70. The Morgan fingerprint density at radius 1 is 1.32 bits per heavy atom. The molecule has 1 aliphatic rings. The van der Waals surface area contributed by atoms with Gasteiger partial charge in [0, 0.05) is 24.5 Å². The summed E-state index contributed by atoms with van der Waals surface area (Å²) in [5.41, 5.74) is 0.475. The summed E-state index contributed by atoms with van der Waals surface area (Å²) in [6, 6.07) is 4.15. The Balaban J connectivity index is 1.92. The van der Waals surface area contributed by atoms with Crippen molar-refractivity contribution in [1.82, 2.24) is 10.2 Å². The lowest BCUT2D eigenvalue weighted by Gasteiger charge is -2.40. The Bertz CT molecular complexity index is 380. The number of thiophene rings is 1. The third-order valence-corrected chi connectivity index (χ3v) is 5.34. The zero-order valence-corrected chi connectivity index (χ0v) is 13.6. The summed E-state index contributed by atoms with van der Waals surface area (Å²) in [4.78, 5) is 3.83. The molecule has 2 rings (SSSR count). The first-order chi connectivity index (χ1) is 9.13. The van der Waals surface area contributed by atoms with Gasteiger partial charge in [0.15, 0.2) is 0 Å². The molecule has 1 aromatic heterocycles. The van der Waals surface area contributed by atoms with E-state index in [-0.39, 0.29) is 0 Å². The average Bonchev–Trinajstić information content (AvgIpc) is 2.75. The van der Waals surface area contributed by atoms with Crippen LogP contribution in [0.4, 0.5) is 0 Å². The van der Waals surface area contributed by atoms with Crippen LogP contribution in [0, 0.1) is 5.41 Å². The molecule has 0 saturated heterocycles. The van der Waals surface area contributed by atoms with Crippen LogP contribution < -0.4 is 5.32 Å². The van der Waals surface area contributed by atoms with Gasteiger partial charge in [-0.3, -0.25) is 0 Å². The molecule has 108 valence electrons. The summed E-state index contributed by atoms with van der Waals surface area (Å²) >= 11 is 7.70. The third-order valence-electron chi connectivity index (χ3n) is 4.13. The normalized spacial score (nSPS) is 18.9. The van der Waals surface area contributed by atoms with E-state index < -0.39 is 0 Å². The fourth-order valence-corrected chi connectivity index (χ4v) is 4.57. The maximum Gasteiger partial charge on any atom is 0.0931 e. The summed E-state index contributed by atoms with van der Waals surface area (Å²) in [5, 5.41) is 3.41. The zero-order chi connectivity index (χ0) is 13.7. The molecule has 2 nitrogen and oxygen atoms in total. The largest absolute Gasteiger partial charge is 0.319 e. The molecule has 1 N–H and O–H groups in total. The minimum atomic E-state index is 0.475. The number of nitrogens with zero attached hydrogens (tertiary/aromatic N) is 1. The zero-order valence-electron chi connectivity index (χ0n) is 12.0. The van der Waals surface area contributed by atoms with Gasteiger partial charge in [-0.2, -0.15) is 0 Å². The number of hydrogen-bond acceptors (Lipinski definition) is 3. The van der Waals surface area contributed by atoms with Crippen molar-refractivity contribution in [2.45, 2.75) is 38.6 Å². The first-order valence-electron chi connectivity index (χ1n) is 7.21. The van der Waals surface area contributed by atoms with Gasteiger partial charge in [-0.05, 0) is 44.5 Å². The Labute approximate surface area is 126 Å². The molecule has 0 unspecified atom stereocenters. The van der Waals surface area contributed by atoms with Gasteiger partial charge in [-0.25, -0.2) is 0 Å². The summed E-state index contributed by atoms with van der Waals surface area (Å²) in [5.74, 6) is 0. The topological polar surface area (TPSA) is 15.3 Å². The van der Waals surface area contributed by atoms with Gasteiger partial charge in [0.1, 0.15) is 0 Å². The van der Waals surface area contributed by atoms with Crippen molar-refractivity contribution in [2.24, 2.45) is 5.41 Å². The molecule has 0 aliphatic heterocycles. The first kappa shape index (κ1) is 15.3. The average molecular weight is 301 g/mol. The molecule has 1 heterocycles. The quantitative estimate of drug-likeness (QED) is 0.854. The van der Waals surface area contributed by atoms with Gasteiger partial charge in [0.05, 0.1) is 4.34 Å². The maximum absolute atomic E-state index is 6.00. The van der Waals surface area contributed by atoms with Crippen molar-refractivity contribution < 1.29 is 0 Å². The van der Waals surface area contributed by atoms with Gasteiger partial charge < -0.3 is 10.2 Å². The highest BCUT2D eigenvalue weighted by Crippen LogP contribution is 2.36. The SMILES string of the molecule is CNCC1(CN(C)Cc2ccc(Cl)s2)CCCCC1. The van der Waals surface area contributed by atoms with Crippen molar-refractivity contribution in [3.63, 3.8) is 0 Å². The van der Waals surface area contributed by atoms with E-state index in [1.165, 1.54) is 43.5 Å². The second kappa shape index (κ2) is 7.07. The molecule has 0 bridgehead atoms. The second-order valence-electron chi connectivity index (χ2n) is 5.97. The van der Waals surface area contributed by atoms with Gasteiger partial charge in [-0.1, -0.05) is 30.9 Å². The second-order valence-corrected chi connectivity index (χ2v) is 7.77. The molecule has 1 saturated carbocycles. The Morgan fingerprint density at radius 2 is 2.05 bits per heavy atom. The third kappa shape index (κ3) is 4.45. The monoisotopic (exact) mass is 300 g/mol. The first-order valence-corrected chi connectivity index (χ1v) is 8.40. The minimum absolute atomic E-state index is 0.475. The maximum atomic E-state index is 6.00. The van der Waals surface area contributed by atoms with Crippen LogP contribution in [0.15, 0.2) is 12.1 Å². The van der Waals surface area contributed by atoms with Crippen molar-refractivity contribution in [1.29, 1.82) is 0 Å². The smallest absolute Gasteiger partial charge is 0.0931 e. The van der Waals surface area contributed by atoms with E-state index in [1.54, 1.807) is 11.3 Å². The Hall–Kier alpha value is -0.0900. The number of rotatable bonds is 6. The standard InChI is InChI=1S/C15H25ClN2S/c1-17-11-15(8-4-3-5-9-15)12-18(2)10-13-6-7-14(16)19-13/h6-7,17H,3-5,8-12H2,1-2H3. The van der Waals surface area contributed by atoms with Crippen LogP contribution in [-0.2, 0) is 6.54 Å². The van der Waals surface area contributed by atoms with Crippen molar-refractivity contribution in [3.8, 4) is 0 Å². The van der Waals surface area contributed by atoms with Crippen molar-refractivity contribution >= 4 is 22.9 Å². The molecule has 19 heavy (non-hydrogen) atoms. The van der Waals surface area contributed by atoms with Crippen LogP contribution in [-0.4, -0.2) is 32.1 Å². The van der Waals surface area contributed by atoms with Gasteiger partial charge >= 0.3 is 0 Å². The van der Waals surface area contributed by atoms with Crippen LogP contribution in [0.1, 0.15) is 37.0 Å². The van der Waals surface area contributed by atoms with Crippen LogP contribution in [0.3, 0.4) is 0 Å². The van der Waals surface area contributed by atoms with Crippen molar-refractivity contribution in [3.05, 3.63) is 21.3 Å². The van der Waals surface area contributed by atoms with E-state index in [0.717, 1.165) is 17.4 Å². The van der Waals surface area contributed by atoms with Crippen LogP contribution >= 0.6 is 22.9 Å². The molecule has 1 aromatic rings. The van der Waals surface area contributed by atoms with Gasteiger partial charge in [0.25, 0.3) is 0 Å². The highest BCUT2D eigenvalue weighted by Gasteiger charge is 2.32. The van der Waals surface area contributed by atoms with E-state index in [9.17, 15) is 0 Å². The minimum Gasteiger partial charge on any atom is -0.319 e. The highest BCUT2D eigenvalue weighted by atomic mass is 35.5. The van der Waals surface area contributed by atoms with E-state index in [2.05, 4.69) is 30.4 Å². The summed E-state index contributed by atoms with van der Waals surface area (Å²) in [6.07, 6.45) is 6.92. The molecule has 4 heteroatoms. The van der Waals surface area contributed by atoms with Crippen LogP contribution in [0.25, 0.3) is 0 Å². The van der Waals surface area contributed by atoms with Gasteiger partial charge in [-0.15, -0.1) is 11.3 Å². The van der Waals surface area contributed by atoms with E-state index in [0.29, 0.717) is 5.41 Å². The summed E-state index contributed by atoms with van der Waals surface area (Å²) in [6.45, 7) is 3.34. The van der Waals surface area contributed by atoms with Crippen LogP contribution in [0.2, 0.25) is 4.34 Å². The molecular weight excluding hydrogens is 276 g/mol. The van der Waals surface area contributed by atoms with Crippen molar-refractivity contribution in [2.75, 3.05) is 27.2 Å². The molecule has 0 radical (unpaired) electrons.